The number of amides is 1. The third-order valence-electron chi connectivity index (χ3n) is 3.88. The van der Waals surface area contributed by atoms with Gasteiger partial charge in [0.2, 0.25) is 5.91 Å². The summed E-state index contributed by atoms with van der Waals surface area (Å²) in [7, 11) is 0. The molecule has 1 fully saturated rings. The minimum atomic E-state index is -0.878. The standard InChI is InChI=1S/C16H22N2O3S/c1-10(13(19)17-9-11-7-5-4-6-8-11)14-18-12(15(20)21)16(2,3)22-14/h4-8,10,12,14,18H,9H2,1-3H3,(H,17,19)(H,20,21). The van der Waals surface area contributed by atoms with Crippen molar-refractivity contribution in [3.63, 3.8) is 0 Å². The van der Waals surface area contributed by atoms with Crippen LogP contribution in [0.15, 0.2) is 30.3 Å². The summed E-state index contributed by atoms with van der Waals surface area (Å²) in [5, 5.41) is 15.0. The van der Waals surface area contributed by atoms with Crippen molar-refractivity contribution in [1.29, 1.82) is 0 Å². The molecule has 5 nitrogen and oxygen atoms in total. The molecule has 3 unspecified atom stereocenters. The summed E-state index contributed by atoms with van der Waals surface area (Å²) >= 11 is 1.51. The molecule has 1 heterocycles. The summed E-state index contributed by atoms with van der Waals surface area (Å²) in [6.45, 7) is 6.08. The summed E-state index contributed by atoms with van der Waals surface area (Å²) in [5.74, 6) is -1.26. The van der Waals surface area contributed by atoms with E-state index in [4.69, 9.17) is 0 Å². The van der Waals surface area contributed by atoms with Gasteiger partial charge in [0, 0.05) is 11.3 Å². The topological polar surface area (TPSA) is 78.4 Å². The number of benzene rings is 1. The van der Waals surface area contributed by atoms with E-state index in [1.807, 2.05) is 51.1 Å². The van der Waals surface area contributed by atoms with Crippen LogP contribution in [0.25, 0.3) is 0 Å². The zero-order chi connectivity index (χ0) is 16.3. The first-order chi connectivity index (χ1) is 10.3. The second kappa shape index (κ2) is 6.71. The van der Waals surface area contributed by atoms with E-state index in [0.717, 1.165) is 5.56 Å². The van der Waals surface area contributed by atoms with Crippen molar-refractivity contribution in [3.05, 3.63) is 35.9 Å². The van der Waals surface area contributed by atoms with Crippen LogP contribution in [-0.2, 0) is 16.1 Å². The van der Waals surface area contributed by atoms with Crippen molar-refractivity contribution in [2.75, 3.05) is 0 Å². The van der Waals surface area contributed by atoms with Gasteiger partial charge in [0.25, 0.3) is 0 Å². The second-order valence-corrected chi connectivity index (χ2v) is 7.87. The average Bonchev–Trinajstić information content (AvgIpc) is 2.80. The molecule has 2 rings (SSSR count). The van der Waals surface area contributed by atoms with E-state index in [0.29, 0.717) is 6.54 Å². The first-order valence-corrected chi connectivity index (χ1v) is 8.17. The maximum atomic E-state index is 12.3. The highest BCUT2D eigenvalue weighted by Gasteiger charge is 2.47. The van der Waals surface area contributed by atoms with Crippen LogP contribution in [0, 0.1) is 5.92 Å². The van der Waals surface area contributed by atoms with Crippen LogP contribution in [-0.4, -0.2) is 33.1 Å². The Hall–Kier alpha value is -1.53. The van der Waals surface area contributed by atoms with E-state index < -0.39 is 16.8 Å². The van der Waals surface area contributed by atoms with Crippen LogP contribution in [0.4, 0.5) is 0 Å². The molecule has 0 aromatic heterocycles. The number of carbonyl (C=O) groups is 2. The number of nitrogens with one attached hydrogen (secondary N) is 2. The van der Waals surface area contributed by atoms with Gasteiger partial charge in [-0.2, -0.15) is 0 Å². The van der Waals surface area contributed by atoms with Gasteiger partial charge in [-0.1, -0.05) is 37.3 Å². The van der Waals surface area contributed by atoms with E-state index >= 15 is 0 Å². The highest BCUT2D eigenvalue weighted by atomic mass is 32.2. The van der Waals surface area contributed by atoms with Crippen molar-refractivity contribution in [1.82, 2.24) is 10.6 Å². The molecular weight excluding hydrogens is 300 g/mol. The lowest BCUT2D eigenvalue weighted by atomic mass is 10.0. The smallest absolute Gasteiger partial charge is 0.322 e. The lowest BCUT2D eigenvalue weighted by molar-refractivity contribution is -0.140. The Morgan fingerprint density at radius 3 is 2.55 bits per heavy atom. The summed E-state index contributed by atoms with van der Waals surface area (Å²) in [6.07, 6.45) is 0. The molecule has 0 radical (unpaired) electrons. The van der Waals surface area contributed by atoms with Gasteiger partial charge in [0.1, 0.15) is 6.04 Å². The van der Waals surface area contributed by atoms with Gasteiger partial charge in [-0.05, 0) is 19.4 Å². The van der Waals surface area contributed by atoms with Crippen LogP contribution in [0.1, 0.15) is 26.3 Å². The van der Waals surface area contributed by atoms with E-state index in [1.165, 1.54) is 11.8 Å². The van der Waals surface area contributed by atoms with Crippen LogP contribution in [0.3, 0.4) is 0 Å². The molecule has 3 atom stereocenters. The van der Waals surface area contributed by atoms with Crippen LogP contribution >= 0.6 is 11.8 Å². The van der Waals surface area contributed by atoms with Gasteiger partial charge in [-0.15, -0.1) is 11.8 Å². The highest BCUT2D eigenvalue weighted by Crippen LogP contribution is 2.40. The molecule has 3 N–H and O–H groups in total. The summed E-state index contributed by atoms with van der Waals surface area (Å²) in [5.41, 5.74) is 1.04. The van der Waals surface area contributed by atoms with Crippen molar-refractivity contribution < 1.29 is 14.7 Å². The Balaban J connectivity index is 1.93. The number of hydrogen-bond acceptors (Lipinski definition) is 4. The highest BCUT2D eigenvalue weighted by molar-refractivity contribution is 8.01. The Bertz CT molecular complexity index is 548. The average molecular weight is 322 g/mol. The van der Waals surface area contributed by atoms with E-state index in [1.54, 1.807) is 0 Å². The van der Waals surface area contributed by atoms with Crippen molar-refractivity contribution in [2.45, 2.75) is 43.5 Å². The van der Waals surface area contributed by atoms with Crippen molar-refractivity contribution >= 4 is 23.6 Å². The fraction of sp³-hybridized carbons (Fsp3) is 0.500. The Labute approximate surface area is 134 Å². The van der Waals surface area contributed by atoms with Gasteiger partial charge in [-0.3, -0.25) is 14.9 Å². The van der Waals surface area contributed by atoms with Gasteiger partial charge >= 0.3 is 5.97 Å². The lowest BCUT2D eigenvalue weighted by Crippen LogP contribution is -2.47. The molecule has 0 aliphatic carbocycles. The Morgan fingerprint density at radius 2 is 2.00 bits per heavy atom. The molecule has 1 aromatic rings. The van der Waals surface area contributed by atoms with Gasteiger partial charge in [-0.25, -0.2) is 0 Å². The SMILES string of the molecule is CC(C(=O)NCc1ccccc1)C1NC(C(=O)O)C(C)(C)S1. The summed E-state index contributed by atoms with van der Waals surface area (Å²) in [6, 6.07) is 9.06. The number of hydrogen-bond donors (Lipinski definition) is 3. The van der Waals surface area contributed by atoms with Gasteiger partial charge in [0.05, 0.1) is 11.3 Å². The zero-order valence-corrected chi connectivity index (χ0v) is 13.8. The molecule has 0 bridgehead atoms. The molecule has 6 heteroatoms. The van der Waals surface area contributed by atoms with E-state index in [-0.39, 0.29) is 17.2 Å². The van der Waals surface area contributed by atoms with Gasteiger partial charge in [0.15, 0.2) is 0 Å². The fourth-order valence-electron chi connectivity index (χ4n) is 2.49. The van der Waals surface area contributed by atoms with Gasteiger partial charge < -0.3 is 10.4 Å². The number of thioether (sulfide) groups is 1. The summed E-state index contributed by atoms with van der Waals surface area (Å²) in [4.78, 5) is 23.6. The number of carboxylic acids is 1. The predicted molar refractivity (Wildman–Crippen MR) is 87.5 cm³/mol. The summed E-state index contributed by atoms with van der Waals surface area (Å²) < 4.78 is -0.440. The second-order valence-electron chi connectivity index (χ2n) is 6.07. The molecular formula is C16H22N2O3S. The predicted octanol–water partition coefficient (Wildman–Crippen LogP) is 1.83. The van der Waals surface area contributed by atoms with Crippen molar-refractivity contribution in [2.24, 2.45) is 5.92 Å². The van der Waals surface area contributed by atoms with Crippen molar-refractivity contribution in [3.8, 4) is 0 Å². The molecule has 22 heavy (non-hydrogen) atoms. The van der Waals surface area contributed by atoms with Crippen LogP contribution in [0.2, 0.25) is 0 Å². The lowest BCUT2D eigenvalue weighted by Gasteiger charge is -2.21. The molecule has 1 aliphatic heterocycles. The minimum Gasteiger partial charge on any atom is -0.480 e. The number of carboxylic acid groups (broad SMARTS) is 1. The first-order valence-electron chi connectivity index (χ1n) is 7.29. The van der Waals surface area contributed by atoms with Crippen LogP contribution < -0.4 is 10.6 Å². The third kappa shape index (κ3) is 3.81. The van der Waals surface area contributed by atoms with E-state index in [9.17, 15) is 14.7 Å². The Morgan fingerprint density at radius 1 is 1.36 bits per heavy atom. The molecule has 1 amide bonds. The monoisotopic (exact) mass is 322 g/mol. The van der Waals surface area contributed by atoms with E-state index in [2.05, 4.69) is 10.6 Å². The molecule has 1 aromatic carbocycles. The zero-order valence-electron chi connectivity index (χ0n) is 13.0. The molecule has 1 saturated heterocycles. The molecule has 0 saturated carbocycles. The molecule has 0 spiro atoms. The third-order valence-corrected chi connectivity index (χ3v) is 5.52. The number of aliphatic carboxylic acids is 1. The Kier molecular flexibility index (Phi) is 5.13. The first kappa shape index (κ1) is 16.8. The number of rotatable bonds is 5. The molecule has 120 valence electrons. The number of carbonyl (C=O) groups excluding carboxylic acids is 1. The minimum absolute atomic E-state index is 0.0734. The maximum absolute atomic E-state index is 12.3. The molecule has 1 aliphatic rings. The maximum Gasteiger partial charge on any atom is 0.322 e. The fourth-order valence-corrected chi connectivity index (χ4v) is 3.98. The largest absolute Gasteiger partial charge is 0.480 e. The quantitative estimate of drug-likeness (QED) is 0.771. The van der Waals surface area contributed by atoms with Crippen LogP contribution in [0.5, 0.6) is 0 Å². The normalized spacial score (nSPS) is 24.7.